The lowest BCUT2D eigenvalue weighted by Crippen LogP contribution is -2.30. The molecule has 0 amide bonds. The summed E-state index contributed by atoms with van der Waals surface area (Å²) in [6.07, 6.45) is 6.84. The Morgan fingerprint density at radius 1 is 1.29 bits per heavy atom. The zero-order valence-corrected chi connectivity index (χ0v) is 10.4. The number of carboxylic acid groups (broad SMARTS) is 1. The van der Waals surface area contributed by atoms with Crippen molar-refractivity contribution < 1.29 is 14.6 Å². The van der Waals surface area contributed by atoms with Gasteiger partial charge in [0.1, 0.15) is 0 Å². The maximum Gasteiger partial charge on any atom is 0.306 e. The predicted molar refractivity (Wildman–Crippen MR) is 64.9 cm³/mol. The number of rotatable bonds is 6. The van der Waals surface area contributed by atoms with Crippen molar-refractivity contribution in [2.75, 3.05) is 19.7 Å². The van der Waals surface area contributed by atoms with E-state index in [1.54, 1.807) is 0 Å². The molecule has 1 aliphatic heterocycles. The normalized spacial score (nSPS) is 33.1. The van der Waals surface area contributed by atoms with Crippen LogP contribution in [0.3, 0.4) is 0 Å². The lowest BCUT2D eigenvalue weighted by atomic mass is 9.96. The Kier molecular flexibility index (Phi) is 4.80. The number of nitrogens with one attached hydrogen (secondary N) is 1. The van der Waals surface area contributed by atoms with Gasteiger partial charge in [-0.2, -0.15) is 0 Å². The van der Waals surface area contributed by atoms with Gasteiger partial charge in [0.15, 0.2) is 0 Å². The van der Waals surface area contributed by atoms with Crippen LogP contribution in [0.1, 0.15) is 38.5 Å². The number of ether oxygens (including phenoxy) is 1. The van der Waals surface area contributed by atoms with Crippen molar-refractivity contribution in [1.29, 1.82) is 0 Å². The number of hydrogen-bond acceptors (Lipinski definition) is 3. The molecule has 2 fully saturated rings. The molecular weight excluding hydrogens is 218 g/mol. The van der Waals surface area contributed by atoms with Gasteiger partial charge in [-0.25, -0.2) is 0 Å². The van der Waals surface area contributed by atoms with Crippen molar-refractivity contribution in [3.8, 4) is 0 Å². The summed E-state index contributed by atoms with van der Waals surface area (Å²) in [6, 6.07) is 0. The first kappa shape index (κ1) is 12.8. The van der Waals surface area contributed by atoms with Crippen LogP contribution in [0, 0.1) is 11.8 Å². The largest absolute Gasteiger partial charge is 0.481 e. The molecule has 4 heteroatoms. The first-order chi connectivity index (χ1) is 8.27. The highest BCUT2D eigenvalue weighted by molar-refractivity contribution is 5.70. The molecular formula is C13H23NO3. The lowest BCUT2D eigenvalue weighted by molar-refractivity contribution is -0.142. The second-order valence-electron chi connectivity index (χ2n) is 5.26. The summed E-state index contributed by atoms with van der Waals surface area (Å²) in [5.41, 5.74) is 0. The van der Waals surface area contributed by atoms with E-state index in [2.05, 4.69) is 5.32 Å². The fourth-order valence-electron chi connectivity index (χ4n) is 3.03. The van der Waals surface area contributed by atoms with Gasteiger partial charge >= 0.3 is 5.97 Å². The van der Waals surface area contributed by atoms with Gasteiger partial charge in [0.2, 0.25) is 0 Å². The second-order valence-corrected chi connectivity index (χ2v) is 5.26. The van der Waals surface area contributed by atoms with Gasteiger partial charge in [-0.3, -0.25) is 4.79 Å². The van der Waals surface area contributed by atoms with Crippen molar-refractivity contribution in [1.82, 2.24) is 5.32 Å². The molecule has 17 heavy (non-hydrogen) atoms. The van der Waals surface area contributed by atoms with E-state index in [4.69, 9.17) is 9.84 Å². The van der Waals surface area contributed by atoms with Gasteiger partial charge in [-0.15, -0.1) is 0 Å². The Balaban J connectivity index is 1.59. The zero-order chi connectivity index (χ0) is 12.1. The van der Waals surface area contributed by atoms with Crippen molar-refractivity contribution in [3.63, 3.8) is 0 Å². The zero-order valence-electron chi connectivity index (χ0n) is 10.4. The van der Waals surface area contributed by atoms with Crippen LogP contribution in [-0.4, -0.2) is 36.9 Å². The first-order valence-corrected chi connectivity index (χ1v) is 6.82. The first-order valence-electron chi connectivity index (χ1n) is 6.82. The van der Waals surface area contributed by atoms with E-state index < -0.39 is 5.97 Å². The molecule has 0 spiro atoms. The third kappa shape index (κ3) is 3.68. The Hall–Kier alpha value is -0.610. The van der Waals surface area contributed by atoms with E-state index in [1.807, 2.05) is 0 Å². The van der Waals surface area contributed by atoms with Crippen LogP contribution in [0.5, 0.6) is 0 Å². The molecule has 0 aromatic heterocycles. The summed E-state index contributed by atoms with van der Waals surface area (Å²) in [5, 5.41) is 12.5. The van der Waals surface area contributed by atoms with Crippen LogP contribution in [-0.2, 0) is 9.53 Å². The molecule has 4 nitrogen and oxygen atoms in total. The SMILES string of the molecule is O=C(O)C1CCCC1CNCCC1CCCO1. The third-order valence-electron chi connectivity index (χ3n) is 4.05. The van der Waals surface area contributed by atoms with Crippen molar-refractivity contribution in [2.45, 2.75) is 44.6 Å². The molecule has 2 N–H and O–H groups in total. The highest BCUT2D eigenvalue weighted by Crippen LogP contribution is 2.31. The van der Waals surface area contributed by atoms with Crippen molar-refractivity contribution in [3.05, 3.63) is 0 Å². The predicted octanol–water partition coefficient (Wildman–Crippen LogP) is 1.65. The average Bonchev–Trinajstić information content (AvgIpc) is 2.95. The quantitative estimate of drug-likeness (QED) is 0.694. The minimum Gasteiger partial charge on any atom is -0.481 e. The molecule has 2 rings (SSSR count). The van der Waals surface area contributed by atoms with Crippen LogP contribution in [0.2, 0.25) is 0 Å². The standard InChI is InChI=1S/C13H23NO3/c15-13(16)12-5-1-3-10(12)9-14-7-6-11-4-2-8-17-11/h10-12,14H,1-9H2,(H,15,16). The third-order valence-corrected chi connectivity index (χ3v) is 4.05. The van der Waals surface area contributed by atoms with E-state index in [0.29, 0.717) is 12.0 Å². The molecule has 1 heterocycles. The molecule has 0 aromatic carbocycles. The molecule has 0 aromatic rings. The topological polar surface area (TPSA) is 58.6 Å². The molecule has 0 radical (unpaired) electrons. The summed E-state index contributed by atoms with van der Waals surface area (Å²) < 4.78 is 5.55. The average molecular weight is 241 g/mol. The van der Waals surface area contributed by atoms with Crippen LogP contribution in [0.4, 0.5) is 0 Å². The molecule has 0 bridgehead atoms. The van der Waals surface area contributed by atoms with Gasteiger partial charge < -0.3 is 15.2 Å². The van der Waals surface area contributed by atoms with E-state index >= 15 is 0 Å². The summed E-state index contributed by atoms with van der Waals surface area (Å²) >= 11 is 0. The Morgan fingerprint density at radius 3 is 2.88 bits per heavy atom. The maximum atomic E-state index is 11.0. The van der Waals surface area contributed by atoms with E-state index in [1.165, 1.54) is 12.8 Å². The van der Waals surface area contributed by atoms with Gasteiger partial charge in [0.05, 0.1) is 12.0 Å². The molecule has 1 saturated carbocycles. The van der Waals surface area contributed by atoms with Gasteiger partial charge in [0, 0.05) is 6.61 Å². The van der Waals surface area contributed by atoms with E-state index in [-0.39, 0.29) is 5.92 Å². The van der Waals surface area contributed by atoms with Crippen LogP contribution >= 0.6 is 0 Å². The number of hydrogen-bond donors (Lipinski definition) is 2. The fraction of sp³-hybridized carbons (Fsp3) is 0.923. The van der Waals surface area contributed by atoms with Crippen molar-refractivity contribution >= 4 is 5.97 Å². The van der Waals surface area contributed by atoms with Gasteiger partial charge in [-0.1, -0.05) is 6.42 Å². The molecule has 3 unspecified atom stereocenters. The highest BCUT2D eigenvalue weighted by Gasteiger charge is 2.32. The Bertz CT molecular complexity index is 251. The van der Waals surface area contributed by atoms with E-state index in [9.17, 15) is 4.79 Å². The molecule has 1 saturated heterocycles. The van der Waals surface area contributed by atoms with E-state index in [0.717, 1.165) is 45.4 Å². The summed E-state index contributed by atoms with van der Waals surface area (Å²) in [6.45, 7) is 2.71. The molecule has 1 aliphatic carbocycles. The Morgan fingerprint density at radius 2 is 2.18 bits per heavy atom. The van der Waals surface area contributed by atoms with Crippen LogP contribution < -0.4 is 5.32 Å². The smallest absolute Gasteiger partial charge is 0.306 e. The highest BCUT2D eigenvalue weighted by atomic mass is 16.5. The monoisotopic (exact) mass is 241 g/mol. The van der Waals surface area contributed by atoms with Crippen molar-refractivity contribution in [2.24, 2.45) is 11.8 Å². The summed E-state index contributed by atoms with van der Waals surface area (Å²) in [5.74, 6) is -0.407. The minimum absolute atomic E-state index is 0.120. The molecule has 3 atom stereocenters. The minimum atomic E-state index is -0.617. The lowest BCUT2D eigenvalue weighted by Gasteiger charge is -2.17. The number of carbonyl (C=O) groups is 1. The molecule has 2 aliphatic rings. The summed E-state index contributed by atoms with van der Waals surface area (Å²) in [4.78, 5) is 11.0. The van der Waals surface area contributed by atoms with Gasteiger partial charge in [-0.05, 0) is 51.1 Å². The van der Waals surface area contributed by atoms with Gasteiger partial charge in [0.25, 0.3) is 0 Å². The summed E-state index contributed by atoms with van der Waals surface area (Å²) in [7, 11) is 0. The fourth-order valence-corrected chi connectivity index (χ4v) is 3.03. The number of carboxylic acids is 1. The van der Waals surface area contributed by atoms with Crippen LogP contribution in [0.25, 0.3) is 0 Å². The molecule has 98 valence electrons. The van der Waals surface area contributed by atoms with Crippen LogP contribution in [0.15, 0.2) is 0 Å². The maximum absolute atomic E-state index is 11.0. The number of aliphatic carboxylic acids is 1. The second kappa shape index (κ2) is 6.36. The Labute approximate surface area is 103 Å².